The standard InChI is InChI=1S/C26H24N2O3/c29-24(28-17-7-13-21(28)22-14-8-18-30-22)16-15-23-27-25(19-9-3-1-4-10-19)26(31-23)20-11-5-2-6-12-20/h1-6,8-12,14,18,21H,7,13,15-17H2. The Morgan fingerprint density at radius 3 is 2.42 bits per heavy atom. The SMILES string of the molecule is O=C(CCc1nc(-c2ccccc2)c(-c2ccccc2)o1)N1CCCC1c1ccco1. The van der Waals surface area contributed by atoms with Crippen molar-refractivity contribution in [2.75, 3.05) is 6.54 Å². The molecule has 1 atom stereocenters. The van der Waals surface area contributed by atoms with Gasteiger partial charge in [0.05, 0.1) is 12.3 Å². The average molecular weight is 412 g/mol. The van der Waals surface area contributed by atoms with Gasteiger partial charge in [-0.3, -0.25) is 4.79 Å². The van der Waals surface area contributed by atoms with Gasteiger partial charge < -0.3 is 13.7 Å². The van der Waals surface area contributed by atoms with Crippen molar-refractivity contribution in [1.29, 1.82) is 0 Å². The number of hydrogen-bond donors (Lipinski definition) is 0. The van der Waals surface area contributed by atoms with Crippen molar-refractivity contribution >= 4 is 5.91 Å². The number of carbonyl (C=O) groups excluding carboxylic acids is 1. The molecule has 1 aliphatic heterocycles. The summed E-state index contributed by atoms with van der Waals surface area (Å²) in [5.74, 6) is 2.29. The quantitative estimate of drug-likeness (QED) is 0.396. The Balaban J connectivity index is 1.36. The van der Waals surface area contributed by atoms with Gasteiger partial charge in [0.2, 0.25) is 5.91 Å². The van der Waals surface area contributed by atoms with Crippen LogP contribution in [0.3, 0.4) is 0 Å². The second-order valence-electron chi connectivity index (χ2n) is 7.78. The van der Waals surface area contributed by atoms with Crippen LogP contribution in [0.5, 0.6) is 0 Å². The van der Waals surface area contributed by atoms with Crippen molar-refractivity contribution in [3.63, 3.8) is 0 Å². The second-order valence-corrected chi connectivity index (χ2v) is 7.78. The zero-order valence-corrected chi connectivity index (χ0v) is 17.2. The molecule has 0 bridgehead atoms. The molecule has 0 radical (unpaired) electrons. The van der Waals surface area contributed by atoms with Crippen LogP contribution in [0.25, 0.3) is 22.6 Å². The number of benzene rings is 2. The Kier molecular flexibility index (Phi) is 5.40. The third-order valence-electron chi connectivity index (χ3n) is 5.75. The van der Waals surface area contributed by atoms with Crippen LogP contribution in [0, 0.1) is 0 Å². The van der Waals surface area contributed by atoms with Crippen molar-refractivity contribution < 1.29 is 13.6 Å². The maximum absolute atomic E-state index is 13.0. The van der Waals surface area contributed by atoms with Gasteiger partial charge >= 0.3 is 0 Å². The number of likely N-dealkylation sites (tertiary alicyclic amines) is 1. The summed E-state index contributed by atoms with van der Waals surface area (Å²) in [4.78, 5) is 19.7. The molecule has 0 saturated carbocycles. The molecule has 31 heavy (non-hydrogen) atoms. The van der Waals surface area contributed by atoms with E-state index in [2.05, 4.69) is 0 Å². The fourth-order valence-electron chi connectivity index (χ4n) is 4.25. The normalized spacial score (nSPS) is 16.0. The number of hydrogen-bond acceptors (Lipinski definition) is 4. The summed E-state index contributed by atoms with van der Waals surface area (Å²) in [5.41, 5.74) is 2.79. The minimum atomic E-state index is 0.0341. The minimum absolute atomic E-state index is 0.0341. The lowest BCUT2D eigenvalue weighted by molar-refractivity contribution is -0.132. The minimum Gasteiger partial charge on any atom is -0.467 e. The molecule has 156 valence electrons. The van der Waals surface area contributed by atoms with Gasteiger partial charge in [-0.05, 0) is 25.0 Å². The molecular formula is C26H24N2O3. The first-order valence-electron chi connectivity index (χ1n) is 10.7. The number of nitrogens with zero attached hydrogens (tertiary/aromatic N) is 2. The molecule has 1 aliphatic rings. The van der Waals surface area contributed by atoms with Crippen molar-refractivity contribution in [1.82, 2.24) is 9.88 Å². The first-order chi connectivity index (χ1) is 15.3. The maximum atomic E-state index is 13.0. The fraction of sp³-hybridized carbons (Fsp3) is 0.231. The van der Waals surface area contributed by atoms with Crippen molar-refractivity contribution in [3.8, 4) is 22.6 Å². The predicted octanol–water partition coefficient (Wildman–Crippen LogP) is 5.90. The van der Waals surface area contributed by atoms with E-state index < -0.39 is 0 Å². The number of rotatable bonds is 6. The van der Waals surface area contributed by atoms with E-state index in [0.29, 0.717) is 18.7 Å². The third kappa shape index (κ3) is 4.04. The van der Waals surface area contributed by atoms with Crippen LogP contribution in [0.1, 0.15) is 37.0 Å². The summed E-state index contributed by atoms with van der Waals surface area (Å²) in [7, 11) is 0. The largest absolute Gasteiger partial charge is 0.467 e. The lowest BCUT2D eigenvalue weighted by atomic mass is 10.1. The summed E-state index contributed by atoms with van der Waals surface area (Å²) in [6.07, 6.45) is 4.42. The topological polar surface area (TPSA) is 59.5 Å². The molecule has 3 heterocycles. The second kappa shape index (κ2) is 8.64. The highest BCUT2D eigenvalue weighted by atomic mass is 16.4. The number of amides is 1. The van der Waals surface area contributed by atoms with Gasteiger partial charge in [0.25, 0.3) is 0 Å². The molecule has 0 aliphatic carbocycles. The number of oxazole rings is 1. The molecule has 5 heteroatoms. The molecule has 0 N–H and O–H groups in total. The lowest BCUT2D eigenvalue weighted by Gasteiger charge is -2.22. The smallest absolute Gasteiger partial charge is 0.223 e. The molecule has 0 spiro atoms. The van der Waals surface area contributed by atoms with Crippen LogP contribution >= 0.6 is 0 Å². The Labute approximate surface area is 181 Å². The van der Waals surface area contributed by atoms with Crippen LogP contribution in [-0.4, -0.2) is 22.3 Å². The monoisotopic (exact) mass is 412 g/mol. The van der Waals surface area contributed by atoms with Crippen LogP contribution in [0.2, 0.25) is 0 Å². The Hall–Kier alpha value is -3.60. The van der Waals surface area contributed by atoms with Gasteiger partial charge in [0, 0.05) is 30.5 Å². The van der Waals surface area contributed by atoms with Crippen molar-refractivity contribution in [2.45, 2.75) is 31.7 Å². The van der Waals surface area contributed by atoms with E-state index >= 15 is 0 Å². The van der Waals surface area contributed by atoms with Gasteiger partial charge in [-0.25, -0.2) is 4.98 Å². The summed E-state index contributed by atoms with van der Waals surface area (Å²) >= 11 is 0. The molecule has 2 aromatic heterocycles. The average Bonchev–Trinajstić information content (AvgIpc) is 3.59. The molecule has 1 saturated heterocycles. The Morgan fingerprint density at radius 1 is 0.968 bits per heavy atom. The third-order valence-corrected chi connectivity index (χ3v) is 5.75. The first-order valence-corrected chi connectivity index (χ1v) is 10.7. The summed E-state index contributed by atoms with van der Waals surface area (Å²) in [6.45, 7) is 0.764. The Bertz CT molecular complexity index is 1080. The van der Waals surface area contributed by atoms with E-state index in [1.54, 1.807) is 6.26 Å². The summed E-state index contributed by atoms with van der Waals surface area (Å²) in [5, 5.41) is 0. The molecule has 1 amide bonds. The zero-order valence-electron chi connectivity index (χ0n) is 17.2. The van der Waals surface area contributed by atoms with Gasteiger partial charge in [0.15, 0.2) is 11.7 Å². The molecule has 5 nitrogen and oxygen atoms in total. The summed E-state index contributed by atoms with van der Waals surface area (Å²) < 4.78 is 11.7. The number of aryl methyl sites for hydroxylation is 1. The van der Waals surface area contributed by atoms with Crippen LogP contribution in [0.15, 0.2) is 87.9 Å². The molecule has 4 aromatic rings. The molecular weight excluding hydrogens is 388 g/mol. The number of aromatic nitrogens is 1. The van der Waals surface area contributed by atoms with E-state index in [1.165, 1.54) is 0 Å². The van der Waals surface area contributed by atoms with E-state index in [0.717, 1.165) is 47.7 Å². The van der Waals surface area contributed by atoms with Gasteiger partial charge in [-0.15, -0.1) is 0 Å². The maximum Gasteiger partial charge on any atom is 0.223 e. The molecule has 2 aromatic carbocycles. The van der Waals surface area contributed by atoms with E-state index in [-0.39, 0.29) is 11.9 Å². The molecule has 1 fully saturated rings. The Morgan fingerprint density at radius 2 is 1.71 bits per heavy atom. The summed E-state index contributed by atoms with van der Waals surface area (Å²) in [6, 6.07) is 23.8. The molecule has 1 unspecified atom stereocenters. The van der Waals surface area contributed by atoms with E-state index in [1.807, 2.05) is 77.7 Å². The number of furan rings is 1. The van der Waals surface area contributed by atoms with Crippen LogP contribution in [-0.2, 0) is 11.2 Å². The van der Waals surface area contributed by atoms with E-state index in [4.69, 9.17) is 13.8 Å². The van der Waals surface area contributed by atoms with Crippen LogP contribution < -0.4 is 0 Å². The zero-order chi connectivity index (χ0) is 21.0. The molecule has 5 rings (SSSR count). The highest BCUT2D eigenvalue weighted by Crippen LogP contribution is 2.34. The first kappa shape index (κ1) is 19.4. The highest BCUT2D eigenvalue weighted by molar-refractivity contribution is 5.78. The fourth-order valence-corrected chi connectivity index (χ4v) is 4.25. The van der Waals surface area contributed by atoms with Crippen LogP contribution in [0.4, 0.5) is 0 Å². The van der Waals surface area contributed by atoms with Gasteiger partial charge in [-0.1, -0.05) is 60.7 Å². The lowest BCUT2D eigenvalue weighted by Crippen LogP contribution is -2.30. The number of carbonyl (C=O) groups is 1. The van der Waals surface area contributed by atoms with E-state index in [9.17, 15) is 4.79 Å². The predicted molar refractivity (Wildman–Crippen MR) is 118 cm³/mol. The van der Waals surface area contributed by atoms with Crippen molar-refractivity contribution in [2.24, 2.45) is 0 Å². The van der Waals surface area contributed by atoms with Gasteiger partial charge in [0.1, 0.15) is 11.5 Å². The van der Waals surface area contributed by atoms with Gasteiger partial charge in [-0.2, -0.15) is 0 Å². The highest BCUT2D eigenvalue weighted by Gasteiger charge is 2.31. The van der Waals surface area contributed by atoms with Crippen molar-refractivity contribution in [3.05, 3.63) is 90.7 Å².